The minimum Gasteiger partial charge on any atom is -0.381 e. The number of carbonyl (C=O) groups excluding carboxylic acids is 1. The van der Waals surface area contributed by atoms with Crippen molar-refractivity contribution in [2.24, 2.45) is 5.92 Å². The highest BCUT2D eigenvalue weighted by Gasteiger charge is 2.40. The van der Waals surface area contributed by atoms with Crippen LogP contribution in [0.25, 0.3) is 0 Å². The van der Waals surface area contributed by atoms with Crippen LogP contribution in [0.2, 0.25) is 0 Å². The third kappa shape index (κ3) is 3.19. The molecule has 17 heavy (non-hydrogen) atoms. The number of nitrogens with one attached hydrogen (secondary N) is 1. The van der Waals surface area contributed by atoms with E-state index in [1.165, 1.54) is 12.8 Å². The van der Waals surface area contributed by atoms with E-state index in [9.17, 15) is 4.79 Å². The van der Waals surface area contributed by atoms with E-state index in [-0.39, 0.29) is 11.4 Å². The summed E-state index contributed by atoms with van der Waals surface area (Å²) in [6, 6.07) is 0. The van der Waals surface area contributed by atoms with Crippen LogP contribution < -0.4 is 5.32 Å². The van der Waals surface area contributed by atoms with Crippen molar-refractivity contribution in [3.8, 4) is 0 Å². The van der Waals surface area contributed by atoms with Gasteiger partial charge in [0.2, 0.25) is 5.91 Å². The number of rotatable bonds is 7. The Kier molecular flexibility index (Phi) is 4.05. The molecule has 1 unspecified atom stereocenters. The lowest BCUT2D eigenvalue weighted by Gasteiger charge is -2.20. The maximum Gasteiger partial charge on any atom is 0.243 e. The Morgan fingerprint density at radius 1 is 1.53 bits per heavy atom. The molecule has 1 N–H and O–H groups in total. The normalized spacial score (nSPS) is 29.1. The van der Waals surface area contributed by atoms with E-state index < -0.39 is 0 Å². The molecular formula is C13H24N2O2. The predicted molar refractivity (Wildman–Crippen MR) is 66.6 cm³/mol. The molecule has 0 aromatic carbocycles. The van der Waals surface area contributed by atoms with E-state index in [2.05, 4.69) is 5.32 Å². The Hall–Kier alpha value is -0.610. The van der Waals surface area contributed by atoms with Crippen LogP contribution in [-0.4, -0.2) is 42.8 Å². The van der Waals surface area contributed by atoms with Crippen LogP contribution in [0.5, 0.6) is 0 Å². The van der Waals surface area contributed by atoms with Gasteiger partial charge in [-0.25, -0.2) is 0 Å². The van der Waals surface area contributed by atoms with E-state index in [1.807, 2.05) is 18.7 Å². The van der Waals surface area contributed by atoms with Crippen LogP contribution in [-0.2, 0) is 9.53 Å². The van der Waals surface area contributed by atoms with Crippen LogP contribution >= 0.6 is 0 Å². The van der Waals surface area contributed by atoms with Gasteiger partial charge in [0.05, 0.1) is 12.2 Å². The maximum atomic E-state index is 12.1. The lowest BCUT2D eigenvalue weighted by Crippen LogP contribution is -2.43. The van der Waals surface area contributed by atoms with Crippen molar-refractivity contribution in [1.29, 1.82) is 0 Å². The molecule has 98 valence electrons. The monoisotopic (exact) mass is 240 g/mol. The van der Waals surface area contributed by atoms with Crippen LogP contribution in [0.15, 0.2) is 0 Å². The summed E-state index contributed by atoms with van der Waals surface area (Å²) >= 11 is 0. The van der Waals surface area contributed by atoms with E-state index in [1.54, 1.807) is 0 Å². The molecule has 0 aromatic rings. The molecule has 0 aromatic heterocycles. The van der Waals surface area contributed by atoms with Gasteiger partial charge in [-0.15, -0.1) is 0 Å². The summed E-state index contributed by atoms with van der Waals surface area (Å²) in [6.07, 6.45) is 4.47. The number of carbonyl (C=O) groups is 1. The van der Waals surface area contributed by atoms with Gasteiger partial charge in [-0.05, 0) is 38.5 Å². The van der Waals surface area contributed by atoms with Crippen molar-refractivity contribution in [1.82, 2.24) is 10.2 Å². The molecule has 1 aliphatic heterocycles. The van der Waals surface area contributed by atoms with Crippen LogP contribution in [0.1, 0.15) is 39.5 Å². The largest absolute Gasteiger partial charge is 0.381 e. The predicted octanol–water partition coefficient (Wildman–Crippen LogP) is 1.36. The van der Waals surface area contributed by atoms with Crippen LogP contribution in [0, 0.1) is 5.92 Å². The fourth-order valence-electron chi connectivity index (χ4n) is 2.12. The number of amides is 1. The van der Waals surface area contributed by atoms with Gasteiger partial charge in [-0.2, -0.15) is 0 Å². The lowest BCUT2D eigenvalue weighted by atomic mass is 9.99. The molecule has 1 atom stereocenters. The van der Waals surface area contributed by atoms with Crippen LogP contribution in [0.3, 0.4) is 0 Å². The van der Waals surface area contributed by atoms with Crippen molar-refractivity contribution in [3.05, 3.63) is 0 Å². The Balaban J connectivity index is 1.61. The van der Waals surface area contributed by atoms with E-state index >= 15 is 0 Å². The van der Waals surface area contributed by atoms with Gasteiger partial charge in [0.1, 0.15) is 0 Å². The van der Waals surface area contributed by atoms with Gasteiger partial charge < -0.3 is 9.64 Å². The van der Waals surface area contributed by atoms with Gasteiger partial charge >= 0.3 is 0 Å². The van der Waals surface area contributed by atoms with Crippen molar-refractivity contribution >= 4 is 5.91 Å². The highest BCUT2D eigenvalue weighted by Crippen LogP contribution is 2.28. The fourth-order valence-corrected chi connectivity index (χ4v) is 2.12. The number of nitrogens with zero attached hydrogens (tertiary/aromatic N) is 1. The van der Waals surface area contributed by atoms with Crippen molar-refractivity contribution < 1.29 is 9.53 Å². The molecule has 2 fully saturated rings. The Morgan fingerprint density at radius 3 is 2.88 bits per heavy atom. The standard InChI is InChI=1S/C13H24N2O2/c1-3-13(2)12(16)15(10-14-13)7-4-8-17-9-11-5-6-11/h11,14H,3-10H2,1-2H3. The lowest BCUT2D eigenvalue weighted by molar-refractivity contribution is -0.132. The summed E-state index contributed by atoms with van der Waals surface area (Å²) in [4.78, 5) is 14.0. The van der Waals surface area contributed by atoms with Crippen LogP contribution in [0.4, 0.5) is 0 Å². The summed E-state index contributed by atoms with van der Waals surface area (Å²) in [7, 11) is 0. The molecule has 4 heteroatoms. The van der Waals surface area contributed by atoms with Gasteiger partial charge in [0.15, 0.2) is 0 Å². The molecule has 0 bridgehead atoms. The number of hydrogen-bond acceptors (Lipinski definition) is 3. The Bertz CT molecular complexity index is 279. The molecule has 1 heterocycles. The molecule has 0 radical (unpaired) electrons. The van der Waals surface area contributed by atoms with Gasteiger partial charge in [0, 0.05) is 19.8 Å². The second-order valence-corrected chi connectivity index (χ2v) is 5.46. The first-order valence-corrected chi connectivity index (χ1v) is 6.78. The van der Waals surface area contributed by atoms with E-state index in [0.29, 0.717) is 6.67 Å². The smallest absolute Gasteiger partial charge is 0.243 e. The summed E-state index contributed by atoms with van der Waals surface area (Å²) in [5.41, 5.74) is -0.338. The number of ether oxygens (including phenoxy) is 1. The molecule has 0 spiro atoms. The van der Waals surface area contributed by atoms with Gasteiger partial charge in [0.25, 0.3) is 0 Å². The average molecular weight is 240 g/mol. The number of hydrogen-bond donors (Lipinski definition) is 1. The van der Waals surface area contributed by atoms with E-state index in [4.69, 9.17) is 4.74 Å². The Labute approximate surface area is 104 Å². The van der Waals surface area contributed by atoms with Crippen molar-refractivity contribution in [3.63, 3.8) is 0 Å². The first-order valence-electron chi connectivity index (χ1n) is 6.78. The molecule has 1 aliphatic carbocycles. The third-order valence-corrected chi connectivity index (χ3v) is 3.89. The first-order chi connectivity index (χ1) is 8.15. The molecule has 1 saturated heterocycles. The summed E-state index contributed by atoms with van der Waals surface area (Å²) in [6.45, 7) is 7.23. The molecular weight excluding hydrogens is 216 g/mol. The zero-order chi connectivity index (χ0) is 12.3. The molecule has 2 rings (SSSR count). The summed E-state index contributed by atoms with van der Waals surface area (Å²) < 4.78 is 5.57. The second kappa shape index (κ2) is 5.36. The SMILES string of the molecule is CCC1(C)NCN(CCCOCC2CC2)C1=O. The fraction of sp³-hybridized carbons (Fsp3) is 0.923. The average Bonchev–Trinajstić information content (AvgIpc) is 3.11. The van der Waals surface area contributed by atoms with Crippen molar-refractivity contribution in [2.75, 3.05) is 26.4 Å². The van der Waals surface area contributed by atoms with E-state index in [0.717, 1.165) is 38.5 Å². The topological polar surface area (TPSA) is 41.6 Å². The zero-order valence-electron chi connectivity index (χ0n) is 11.0. The molecule has 2 aliphatic rings. The zero-order valence-corrected chi connectivity index (χ0v) is 11.0. The molecule has 1 amide bonds. The minimum absolute atomic E-state index is 0.238. The maximum absolute atomic E-state index is 12.1. The van der Waals surface area contributed by atoms with Gasteiger partial charge in [-0.3, -0.25) is 10.1 Å². The second-order valence-electron chi connectivity index (χ2n) is 5.46. The van der Waals surface area contributed by atoms with Crippen molar-refractivity contribution in [2.45, 2.75) is 45.1 Å². The quantitative estimate of drug-likeness (QED) is 0.683. The Morgan fingerprint density at radius 2 is 2.29 bits per heavy atom. The first kappa shape index (κ1) is 12.8. The molecule has 1 saturated carbocycles. The minimum atomic E-state index is -0.338. The summed E-state index contributed by atoms with van der Waals surface area (Å²) in [5, 5.41) is 3.29. The molecule has 4 nitrogen and oxygen atoms in total. The summed E-state index contributed by atoms with van der Waals surface area (Å²) in [5.74, 6) is 1.07. The van der Waals surface area contributed by atoms with Gasteiger partial charge in [-0.1, -0.05) is 6.92 Å². The highest BCUT2D eigenvalue weighted by atomic mass is 16.5. The third-order valence-electron chi connectivity index (χ3n) is 3.89. The highest BCUT2D eigenvalue weighted by molar-refractivity contribution is 5.87.